The highest BCUT2D eigenvalue weighted by molar-refractivity contribution is 5.93. The quantitative estimate of drug-likeness (QED) is 0.451. The van der Waals surface area contributed by atoms with E-state index in [1.54, 1.807) is 0 Å². The second-order valence-corrected chi connectivity index (χ2v) is 4.62. The molecule has 114 valence electrons. The molecule has 1 atom stereocenters. The number of aliphatic hydroxyl groups is 1. The first kappa shape index (κ1) is 16.5. The smallest absolute Gasteiger partial charge is 0.331 e. The van der Waals surface area contributed by atoms with Gasteiger partial charge in [-0.15, -0.1) is 0 Å². The number of hydrogen-bond acceptors (Lipinski definition) is 5. The zero-order valence-corrected chi connectivity index (χ0v) is 11.5. The van der Waals surface area contributed by atoms with Crippen LogP contribution < -0.4 is 0 Å². The Morgan fingerprint density at radius 1 is 1.29 bits per heavy atom. The second-order valence-electron chi connectivity index (χ2n) is 4.62. The van der Waals surface area contributed by atoms with Crippen molar-refractivity contribution in [1.82, 2.24) is 4.90 Å². The minimum atomic E-state index is -1.25. The molecule has 0 spiro atoms. The van der Waals surface area contributed by atoms with Gasteiger partial charge in [-0.2, -0.15) is 0 Å². The molecule has 1 unspecified atom stereocenters. The summed E-state index contributed by atoms with van der Waals surface area (Å²) in [5, 5.41) is 37.2. The van der Waals surface area contributed by atoms with Gasteiger partial charge in [0.05, 0.1) is 19.1 Å². The van der Waals surface area contributed by atoms with Gasteiger partial charge in [-0.1, -0.05) is 12.6 Å². The van der Waals surface area contributed by atoms with Gasteiger partial charge in [-0.05, 0) is 17.7 Å². The number of nitrogens with zero attached hydrogens (tertiary/aromatic N) is 1. The minimum absolute atomic E-state index is 0.0874. The summed E-state index contributed by atoms with van der Waals surface area (Å²) in [6.45, 7) is 3.18. The second kappa shape index (κ2) is 6.76. The van der Waals surface area contributed by atoms with Crippen LogP contribution in [-0.4, -0.2) is 50.8 Å². The van der Waals surface area contributed by atoms with Crippen LogP contribution in [0.15, 0.2) is 30.4 Å². The van der Waals surface area contributed by atoms with E-state index in [0.29, 0.717) is 5.56 Å². The molecule has 0 saturated carbocycles. The lowest BCUT2D eigenvalue weighted by molar-refractivity contribution is -0.136. The monoisotopic (exact) mass is 295 g/mol. The van der Waals surface area contributed by atoms with E-state index in [1.165, 1.54) is 30.1 Å². The zero-order chi connectivity index (χ0) is 16.2. The number of phenols is 2. The zero-order valence-electron chi connectivity index (χ0n) is 11.5. The van der Waals surface area contributed by atoms with Crippen molar-refractivity contribution in [3.63, 3.8) is 0 Å². The molecule has 1 rings (SSSR count). The fraction of sp³-hybridized carbons (Fsp3) is 0.286. The van der Waals surface area contributed by atoms with E-state index in [0.717, 1.165) is 0 Å². The van der Waals surface area contributed by atoms with Crippen LogP contribution in [0.1, 0.15) is 18.1 Å². The van der Waals surface area contributed by atoms with Crippen molar-refractivity contribution < 1.29 is 30.0 Å². The number of carbonyl (C=O) groups is 2. The summed E-state index contributed by atoms with van der Waals surface area (Å²) in [5.74, 6) is -2.43. The third kappa shape index (κ3) is 4.50. The van der Waals surface area contributed by atoms with E-state index >= 15 is 0 Å². The minimum Gasteiger partial charge on any atom is -0.504 e. The molecule has 0 saturated heterocycles. The maximum absolute atomic E-state index is 11.7. The number of aromatic hydroxyl groups is 2. The van der Waals surface area contributed by atoms with Gasteiger partial charge in [0.15, 0.2) is 11.5 Å². The Morgan fingerprint density at radius 2 is 1.90 bits per heavy atom. The predicted octanol–water partition coefficient (Wildman–Crippen LogP) is 0.620. The number of carboxylic acids is 1. The first-order valence-electron chi connectivity index (χ1n) is 6.07. The van der Waals surface area contributed by atoms with E-state index in [-0.39, 0.29) is 30.0 Å². The average Bonchev–Trinajstić information content (AvgIpc) is 2.41. The number of aliphatic carboxylic acids is 1. The maximum Gasteiger partial charge on any atom is 0.331 e. The van der Waals surface area contributed by atoms with Crippen LogP contribution in [0.4, 0.5) is 0 Å². The summed E-state index contributed by atoms with van der Waals surface area (Å²) in [5.41, 5.74) is 0.0885. The summed E-state index contributed by atoms with van der Waals surface area (Å²) in [4.78, 5) is 23.5. The average molecular weight is 295 g/mol. The molecule has 1 aromatic rings. The van der Waals surface area contributed by atoms with Crippen LogP contribution >= 0.6 is 0 Å². The highest BCUT2D eigenvalue weighted by Crippen LogP contribution is 2.28. The Bertz CT molecular complexity index is 569. The maximum atomic E-state index is 11.7. The predicted molar refractivity (Wildman–Crippen MR) is 73.8 cm³/mol. The van der Waals surface area contributed by atoms with Crippen LogP contribution in [0.5, 0.6) is 11.5 Å². The number of amides is 1. The number of rotatable bonds is 6. The van der Waals surface area contributed by atoms with Gasteiger partial charge < -0.3 is 25.3 Å². The number of carboxylic acid groups (broad SMARTS) is 1. The summed E-state index contributed by atoms with van der Waals surface area (Å²) in [7, 11) is 1.42. The molecular formula is C14H17NO6. The molecule has 7 heteroatoms. The molecule has 0 fully saturated rings. The van der Waals surface area contributed by atoms with E-state index < -0.39 is 18.0 Å². The molecule has 4 N–H and O–H groups in total. The van der Waals surface area contributed by atoms with Gasteiger partial charge in [-0.3, -0.25) is 4.79 Å². The summed E-state index contributed by atoms with van der Waals surface area (Å²) < 4.78 is 0. The Hall–Kier alpha value is -2.54. The Kier molecular flexibility index (Phi) is 5.31. The number of likely N-dealkylation sites (N-methyl/N-ethyl adjacent to an activating group) is 1. The lowest BCUT2D eigenvalue weighted by Gasteiger charge is -2.21. The van der Waals surface area contributed by atoms with Crippen LogP contribution in [0.3, 0.4) is 0 Å². The van der Waals surface area contributed by atoms with Crippen molar-refractivity contribution >= 4 is 11.9 Å². The van der Waals surface area contributed by atoms with Crippen LogP contribution in [-0.2, 0) is 9.59 Å². The van der Waals surface area contributed by atoms with Crippen molar-refractivity contribution in [3.05, 3.63) is 35.9 Å². The highest BCUT2D eigenvalue weighted by atomic mass is 16.4. The fourth-order valence-electron chi connectivity index (χ4n) is 1.61. The number of benzene rings is 1. The Balaban J connectivity index is 2.66. The molecule has 0 radical (unpaired) electrons. The van der Waals surface area contributed by atoms with Crippen molar-refractivity contribution in [2.75, 3.05) is 13.6 Å². The van der Waals surface area contributed by atoms with Gasteiger partial charge in [0.25, 0.3) is 0 Å². The van der Waals surface area contributed by atoms with E-state index in [2.05, 4.69) is 6.58 Å². The van der Waals surface area contributed by atoms with Gasteiger partial charge >= 0.3 is 5.97 Å². The number of hydrogen-bond donors (Lipinski definition) is 4. The molecule has 1 aromatic carbocycles. The topological polar surface area (TPSA) is 118 Å². The standard InChI is InChI=1S/C14H17NO6/c1-8(14(20)21)5-13(19)15(2)7-12(18)9-3-4-10(16)11(17)6-9/h3-4,6,12,16-18H,1,5,7H2,2H3,(H,20,21). The molecule has 0 aliphatic rings. The Labute approximate surface area is 121 Å². The van der Waals surface area contributed by atoms with Crippen molar-refractivity contribution in [1.29, 1.82) is 0 Å². The lowest BCUT2D eigenvalue weighted by atomic mass is 10.1. The largest absolute Gasteiger partial charge is 0.504 e. The molecule has 0 aliphatic carbocycles. The van der Waals surface area contributed by atoms with Crippen LogP contribution in [0.25, 0.3) is 0 Å². The van der Waals surface area contributed by atoms with E-state index in [1.807, 2.05) is 0 Å². The molecule has 21 heavy (non-hydrogen) atoms. The van der Waals surface area contributed by atoms with Crippen LogP contribution in [0.2, 0.25) is 0 Å². The highest BCUT2D eigenvalue weighted by Gasteiger charge is 2.18. The molecule has 0 aromatic heterocycles. The number of aliphatic hydroxyl groups excluding tert-OH is 1. The SMILES string of the molecule is C=C(CC(=O)N(C)CC(O)c1ccc(O)c(O)c1)C(=O)O. The van der Waals surface area contributed by atoms with Crippen molar-refractivity contribution in [2.45, 2.75) is 12.5 Å². The normalized spacial score (nSPS) is 11.7. The first-order chi connectivity index (χ1) is 9.72. The van der Waals surface area contributed by atoms with E-state index in [9.17, 15) is 24.9 Å². The molecule has 0 aliphatic heterocycles. The molecule has 7 nitrogen and oxygen atoms in total. The van der Waals surface area contributed by atoms with Gasteiger partial charge in [0.2, 0.25) is 5.91 Å². The summed E-state index contributed by atoms with van der Waals surface area (Å²) in [6, 6.07) is 3.82. The summed E-state index contributed by atoms with van der Waals surface area (Å²) >= 11 is 0. The lowest BCUT2D eigenvalue weighted by Crippen LogP contribution is -2.31. The Morgan fingerprint density at radius 3 is 2.43 bits per heavy atom. The summed E-state index contributed by atoms with van der Waals surface area (Å²) in [6.07, 6.45) is -1.43. The van der Waals surface area contributed by atoms with E-state index in [4.69, 9.17) is 5.11 Å². The fourth-order valence-corrected chi connectivity index (χ4v) is 1.61. The number of carbonyl (C=O) groups excluding carboxylic acids is 1. The van der Waals surface area contributed by atoms with Gasteiger partial charge in [-0.25, -0.2) is 4.79 Å². The van der Waals surface area contributed by atoms with Gasteiger partial charge in [0, 0.05) is 12.6 Å². The third-order valence-electron chi connectivity index (χ3n) is 2.92. The number of phenolic OH excluding ortho intramolecular Hbond substituents is 2. The van der Waals surface area contributed by atoms with Gasteiger partial charge in [0.1, 0.15) is 0 Å². The van der Waals surface area contributed by atoms with Crippen molar-refractivity contribution in [3.8, 4) is 11.5 Å². The molecular weight excluding hydrogens is 278 g/mol. The van der Waals surface area contributed by atoms with Crippen molar-refractivity contribution in [2.24, 2.45) is 0 Å². The molecule has 1 amide bonds. The van der Waals surface area contributed by atoms with Crippen LogP contribution in [0, 0.1) is 0 Å². The first-order valence-corrected chi connectivity index (χ1v) is 6.07. The molecule has 0 bridgehead atoms. The molecule has 0 heterocycles. The third-order valence-corrected chi connectivity index (χ3v) is 2.92.